The Bertz CT molecular complexity index is 854. The number of carbonyl (C=O) groups excluding carboxylic acids is 2. The zero-order valence-electron chi connectivity index (χ0n) is 18.3. The number of benzene rings is 1. The van der Waals surface area contributed by atoms with Crippen molar-refractivity contribution in [3.8, 4) is 17.2 Å². The van der Waals surface area contributed by atoms with Gasteiger partial charge in [0.1, 0.15) is 0 Å². The standard InChI is InChI=1S/C21H29N3O6S/c1-5-30-20(25)16-14(12-24-8-10-31-11-9-24)22-21(26)23-17(16)13-6-7-15(27-2)19(29-4)18(13)28-3/h6-7,17H,5,8-12H2,1-4H3,(H2,22,23,26)/t17-/m0/s1. The number of methoxy groups -OCH3 is 3. The topological polar surface area (TPSA) is 98.4 Å². The Morgan fingerprint density at radius 2 is 1.84 bits per heavy atom. The first-order chi connectivity index (χ1) is 15.0. The third-order valence-corrected chi connectivity index (χ3v) is 6.12. The van der Waals surface area contributed by atoms with Gasteiger partial charge in [0.2, 0.25) is 5.75 Å². The maximum Gasteiger partial charge on any atom is 0.338 e. The molecule has 2 heterocycles. The fourth-order valence-corrected chi connectivity index (χ4v) is 4.74. The fraction of sp³-hybridized carbons (Fsp3) is 0.524. The minimum absolute atomic E-state index is 0.222. The molecule has 10 heteroatoms. The average molecular weight is 452 g/mol. The number of nitrogens with zero attached hydrogens (tertiary/aromatic N) is 1. The highest BCUT2D eigenvalue weighted by molar-refractivity contribution is 7.99. The Balaban J connectivity index is 2.11. The number of ether oxygens (including phenoxy) is 4. The van der Waals surface area contributed by atoms with Crippen LogP contribution in [-0.2, 0) is 9.53 Å². The maximum absolute atomic E-state index is 13.0. The molecule has 9 nitrogen and oxygen atoms in total. The van der Waals surface area contributed by atoms with Crippen LogP contribution in [0.2, 0.25) is 0 Å². The molecule has 0 unspecified atom stereocenters. The number of urea groups is 1. The highest BCUT2D eigenvalue weighted by Gasteiger charge is 2.37. The Hall–Kier alpha value is -2.59. The molecule has 0 aromatic heterocycles. The van der Waals surface area contributed by atoms with Crippen molar-refractivity contribution in [2.24, 2.45) is 0 Å². The molecule has 1 atom stereocenters. The first kappa shape index (κ1) is 23.1. The first-order valence-electron chi connectivity index (χ1n) is 10.1. The van der Waals surface area contributed by atoms with E-state index in [4.69, 9.17) is 18.9 Å². The quantitative estimate of drug-likeness (QED) is 0.579. The zero-order valence-corrected chi connectivity index (χ0v) is 19.1. The van der Waals surface area contributed by atoms with Gasteiger partial charge in [-0.3, -0.25) is 4.90 Å². The molecule has 1 saturated heterocycles. The van der Waals surface area contributed by atoms with Crippen LogP contribution >= 0.6 is 11.8 Å². The second-order valence-corrected chi connectivity index (χ2v) is 8.18. The van der Waals surface area contributed by atoms with Gasteiger partial charge in [-0.1, -0.05) is 0 Å². The van der Waals surface area contributed by atoms with Gasteiger partial charge < -0.3 is 29.6 Å². The minimum atomic E-state index is -0.767. The average Bonchev–Trinajstić information content (AvgIpc) is 2.78. The molecule has 0 aliphatic carbocycles. The molecule has 0 saturated carbocycles. The van der Waals surface area contributed by atoms with Gasteiger partial charge >= 0.3 is 12.0 Å². The van der Waals surface area contributed by atoms with Crippen LogP contribution in [0, 0.1) is 0 Å². The Kier molecular flexibility index (Phi) is 7.91. The van der Waals surface area contributed by atoms with Crippen LogP contribution in [0.25, 0.3) is 0 Å². The highest BCUT2D eigenvalue weighted by atomic mass is 32.2. The lowest BCUT2D eigenvalue weighted by Crippen LogP contribution is -2.49. The summed E-state index contributed by atoms with van der Waals surface area (Å²) in [6.07, 6.45) is 0. The lowest BCUT2D eigenvalue weighted by atomic mass is 9.93. The van der Waals surface area contributed by atoms with Gasteiger partial charge in [-0.15, -0.1) is 0 Å². The van der Waals surface area contributed by atoms with Crippen molar-refractivity contribution in [2.75, 3.05) is 59.1 Å². The Morgan fingerprint density at radius 1 is 1.13 bits per heavy atom. The van der Waals surface area contributed by atoms with Crippen LogP contribution in [0.3, 0.4) is 0 Å². The van der Waals surface area contributed by atoms with E-state index in [1.165, 1.54) is 21.3 Å². The van der Waals surface area contributed by atoms with Gasteiger partial charge in [0.25, 0.3) is 0 Å². The fourth-order valence-electron chi connectivity index (χ4n) is 3.76. The van der Waals surface area contributed by atoms with E-state index in [1.54, 1.807) is 19.1 Å². The summed E-state index contributed by atoms with van der Waals surface area (Å²) in [6.45, 7) is 4.20. The second-order valence-electron chi connectivity index (χ2n) is 6.96. The predicted molar refractivity (Wildman–Crippen MR) is 118 cm³/mol. The number of hydrogen-bond acceptors (Lipinski definition) is 8. The van der Waals surface area contributed by atoms with Gasteiger partial charge in [0, 0.05) is 42.4 Å². The summed E-state index contributed by atoms with van der Waals surface area (Å²) >= 11 is 1.90. The summed E-state index contributed by atoms with van der Waals surface area (Å²) in [7, 11) is 4.54. The van der Waals surface area contributed by atoms with Crippen molar-refractivity contribution < 1.29 is 28.5 Å². The summed E-state index contributed by atoms with van der Waals surface area (Å²) in [5.41, 5.74) is 1.46. The molecule has 3 rings (SSSR count). The molecular formula is C21H29N3O6S. The molecule has 0 radical (unpaired) electrons. The molecule has 170 valence electrons. The number of rotatable bonds is 8. The molecule has 1 fully saturated rings. The molecule has 2 amide bonds. The maximum atomic E-state index is 13.0. The Morgan fingerprint density at radius 3 is 2.45 bits per heavy atom. The van der Waals surface area contributed by atoms with Gasteiger partial charge in [0.15, 0.2) is 11.5 Å². The number of thioether (sulfide) groups is 1. The molecular weight excluding hydrogens is 422 g/mol. The number of amides is 2. The Labute approximate surface area is 186 Å². The lowest BCUT2D eigenvalue weighted by Gasteiger charge is -2.33. The SMILES string of the molecule is CCOC(=O)C1=C(CN2CCSCC2)NC(=O)N[C@H]1c1ccc(OC)c(OC)c1OC. The highest BCUT2D eigenvalue weighted by Crippen LogP contribution is 2.44. The third-order valence-electron chi connectivity index (χ3n) is 5.18. The summed E-state index contributed by atoms with van der Waals surface area (Å²) in [6, 6.07) is 2.31. The van der Waals surface area contributed by atoms with Gasteiger partial charge in [0.05, 0.1) is 39.6 Å². The molecule has 2 N–H and O–H groups in total. The van der Waals surface area contributed by atoms with E-state index in [-0.39, 0.29) is 6.61 Å². The van der Waals surface area contributed by atoms with Crippen LogP contribution in [0.15, 0.2) is 23.4 Å². The molecule has 1 aromatic rings. The van der Waals surface area contributed by atoms with Crippen LogP contribution < -0.4 is 24.8 Å². The first-order valence-corrected chi connectivity index (χ1v) is 11.3. The number of hydrogen-bond donors (Lipinski definition) is 2. The lowest BCUT2D eigenvalue weighted by molar-refractivity contribution is -0.139. The van der Waals surface area contributed by atoms with Crippen molar-refractivity contribution in [3.63, 3.8) is 0 Å². The van der Waals surface area contributed by atoms with E-state index < -0.39 is 18.0 Å². The van der Waals surface area contributed by atoms with Gasteiger partial charge in [-0.25, -0.2) is 9.59 Å². The van der Waals surface area contributed by atoms with Crippen LogP contribution in [0.4, 0.5) is 4.79 Å². The van der Waals surface area contributed by atoms with E-state index in [0.717, 1.165) is 24.6 Å². The van der Waals surface area contributed by atoms with E-state index in [9.17, 15) is 9.59 Å². The summed E-state index contributed by atoms with van der Waals surface area (Å²) in [5, 5.41) is 5.67. The smallest absolute Gasteiger partial charge is 0.338 e. The molecule has 0 bridgehead atoms. The van der Waals surface area contributed by atoms with Crippen molar-refractivity contribution in [1.29, 1.82) is 0 Å². The van der Waals surface area contributed by atoms with Crippen LogP contribution in [0.1, 0.15) is 18.5 Å². The molecule has 31 heavy (non-hydrogen) atoms. The molecule has 2 aliphatic heterocycles. The van der Waals surface area contributed by atoms with E-state index >= 15 is 0 Å². The number of nitrogens with one attached hydrogen (secondary N) is 2. The monoisotopic (exact) mass is 451 g/mol. The third kappa shape index (κ3) is 5.01. The number of esters is 1. The summed E-state index contributed by atoms with van der Waals surface area (Å²) in [5.74, 6) is 2.79. The van der Waals surface area contributed by atoms with E-state index in [1.807, 2.05) is 11.8 Å². The van der Waals surface area contributed by atoms with Crippen molar-refractivity contribution in [1.82, 2.24) is 15.5 Å². The van der Waals surface area contributed by atoms with Crippen molar-refractivity contribution >= 4 is 23.8 Å². The molecule has 2 aliphatic rings. The second kappa shape index (κ2) is 10.6. The van der Waals surface area contributed by atoms with Crippen molar-refractivity contribution in [3.05, 3.63) is 29.0 Å². The zero-order chi connectivity index (χ0) is 22.4. The number of carbonyl (C=O) groups is 2. The molecule has 0 spiro atoms. The summed E-state index contributed by atoms with van der Waals surface area (Å²) in [4.78, 5) is 27.8. The van der Waals surface area contributed by atoms with E-state index in [0.29, 0.717) is 40.6 Å². The van der Waals surface area contributed by atoms with Crippen molar-refractivity contribution in [2.45, 2.75) is 13.0 Å². The molecule has 1 aromatic carbocycles. The van der Waals surface area contributed by atoms with Crippen LogP contribution in [-0.4, -0.2) is 76.0 Å². The van der Waals surface area contributed by atoms with E-state index in [2.05, 4.69) is 15.5 Å². The predicted octanol–water partition coefficient (Wildman–Crippen LogP) is 1.93. The van der Waals surface area contributed by atoms with Gasteiger partial charge in [-0.2, -0.15) is 11.8 Å². The largest absolute Gasteiger partial charge is 0.493 e. The normalized spacial score (nSPS) is 19.4. The van der Waals surface area contributed by atoms with Crippen LogP contribution in [0.5, 0.6) is 17.2 Å². The summed E-state index contributed by atoms with van der Waals surface area (Å²) < 4.78 is 21.8. The minimum Gasteiger partial charge on any atom is -0.493 e. The van der Waals surface area contributed by atoms with Gasteiger partial charge in [-0.05, 0) is 19.1 Å².